The zero-order valence-electron chi connectivity index (χ0n) is 17.4. The van der Waals surface area contributed by atoms with E-state index in [1.807, 2.05) is 42.5 Å². The third kappa shape index (κ3) is 4.21. The number of pyridine rings is 1. The Morgan fingerprint density at radius 2 is 1.73 bits per heavy atom. The van der Waals surface area contributed by atoms with Gasteiger partial charge in [-0.15, -0.1) is 11.8 Å². The van der Waals surface area contributed by atoms with Gasteiger partial charge >= 0.3 is 6.18 Å². The van der Waals surface area contributed by atoms with E-state index in [2.05, 4.69) is 22.6 Å². The van der Waals surface area contributed by atoms with E-state index in [1.165, 1.54) is 12.1 Å². The van der Waals surface area contributed by atoms with Gasteiger partial charge in [0, 0.05) is 21.8 Å². The molecule has 1 aromatic heterocycles. The van der Waals surface area contributed by atoms with Crippen molar-refractivity contribution in [1.82, 2.24) is 4.57 Å². The molecule has 4 aromatic rings. The van der Waals surface area contributed by atoms with Crippen LogP contribution in [0.5, 0.6) is 0 Å². The zero-order valence-corrected chi connectivity index (χ0v) is 20.4. The summed E-state index contributed by atoms with van der Waals surface area (Å²) in [6.07, 6.45) is -3.97. The number of aromatic nitrogens is 1. The molecule has 0 saturated carbocycles. The molecule has 2 heterocycles. The van der Waals surface area contributed by atoms with Crippen LogP contribution in [0.15, 0.2) is 82.6 Å². The second kappa shape index (κ2) is 8.83. The first kappa shape index (κ1) is 22.5. The molecule has 3 aromatic carbocycles. The quantitative estimate of drug-likeness (QED) is 0.187. The second-order valence-electron chi connectivity index (χ2n) is 8.07. The van der Waals surface area contributed by atoms with Crippen LogP contribution < -0.4 is 5.56 Å². The Morgan fingerprint density at radius 3 is 2.52 bits per heavy atom. The Bertz CT molecular complexity index is 1410. The summed E-state index contributed by atoms with van der Waals surface area (Å²) in [7, 11) is 0. The molecule has 0 spiro atoms. The third-order valence-electron chi connectivity index (χ3n) is 5.98. The maximum Gasteiger partial charge on any atom is 0.416 e. The van der Waals surface area contributed by atoms with Crippen molar-refractivity contribution in [2.75, 3.05) is 10.2 Å². The molecule has 0 saturated heterocycles. The standard InChI is InChI=1S/C26H19F3INOS/c27-26(28,29)20-9-4-8-18(12-20)24-19(13-23(32)31-21(14-30)15-33-25(24)31)11-17-7-3-6-16-5-1-2-10-22(16)17/h1-10,12-13,21H,11,14-15H2. The molecule has 5 rings (SSSR count). The molecule has 1 aliphatic heterocycles. The molecule has 1 unspecified atom stereocenters. The minimum Gasteiger partial charge on any atom is -0.298 e. The normalized spacial score (nSPS) is 15.7. The largest absolute Gasteiger partial charge is 0.416 e. The Morgan fingerprint density at radius 1 is 0.970 bits per heavy atom. The molecule has 0 aliphatic carbocycles. The Hall–Kier alpha value is -2.26. The van der Waals surface area contributed by atoms with E-state index >= 15 is 0 Å². The van der Waals surface area contributed by atoms with Gasteiger partial charge in [-0.1, -0.05) is 77.2 Å². The summed E-state index contributed by atoms with van der Waals surface area (Å²) in [5.41, 5.74) is 2.23. The molecule has 0 amide bonds. The van der Waals surface area contributed by atoms with Gasteiger partial charge in [0.15, 0.2) is 0 Å². The van der Waals surface area contributed by atoms with Crippen LogP contribution in [-0.4, -0.2) is 14.7 Å². The van der Waals surface area contributed by atoms with Gasteiger partial charge < -0.3 is 0 Å². The predicted octanol–water partition coefficient (Wildman–Crippen LogP) is 7.36. The lowest BCUT2D eigenvalue weighted by atomic mass is 9.93. The van der Waals surface area contributed by atoms with E-state index in [0.717, 1.165) is 48.7 Å². The molecule has 0 radical (unpaired) electrons. The topological polar surface area (TPSA) is 22.0 Å². The van der Waals surface area contributed by atoms with Gasteiger partial charge in [0.1, 0.15) is 0 Å². The third-order valence-corrected chi connectivity index (χ3v) is 8.23. The van der Waals surface area contributed by atoms with Gasteiger partial charge in [-0.3, -0.25) is 9.36 Å². The van der Waals surface area contributed by atoms with Crippen LogP contribution in [0.4, 0.5) is 13.2 Å². The second-order valence-corrected chi connectivity index (χ2v) is 9.96. The Kier molecular flexibility index (Phi) is 6.03. The first-order valence-corrected chi connectivity index (χ1v) is 13.0. The molecule has 1 aliphatic rings. The summed E-state index contributed by atoms with van der Waals surface area (Å²) in [4.78, 5) is 13.1. The molecule has 0 fully saturated rings. The van der Waals surface area contributed by atoms with Gasteiger partial charge in [0.05, 0.1) is 16.6 Å². The zero-order chi connectivity index (χ0) is 23.2. The number of nitrogens with zero attached hydrogens (tertiary/aromatic N) is 1. The molecule has 2 nitrogen and oxygen atoms in total. The van der Waals surface area contributed by atoms with Crippen molar-refractivity contribution in [3.05, 3.63) is 99.8 Å². The van der Waals surface area contributed by atoms with E-state index in [0.29, 0.717) is 12.0 Å². The van der Waals surface area contributed by atoms with Crippen LogP contribution >= 0.6 is 34.4 Å². The van der Waals surface area contributed by atoms with Crippen LogP contribution in [-0.2, 0) is 12.6 Å². The molecule has 168 valence electrons. The van der Waals surface area contributed by atoms with E-state index in [4.69, 9.17) is 0 Å². The number of hydrogen-bond donors (Lipinski definition) is 0. The first-order valence-electron chi connectivity index (χ1n) is 10.5. The van der Waals surface area contributed by atoms with Crippen molar-refractivity contribution in [3.63, 3.8) is 0 Å². The highest BCUT2D eigenvalue weighted by molar-refractivity contribution is 14.1. The summed E-state index contributed by atoms with van der Waals surface area (Å²) in [6.45, 7) is 0. The number of thioether (sulfide) groups is 1. The highest BCUT2D eigenvalue weighted by Gasteiger charge is 2.32. The number of hydrogen-bond acceptors (Lipinski definition) is 2. The average Bonchev–Trinajstić information content (AvgIpc) is 3.24. The van der Waals surface area contributed by atoms with Gasteiger partial charge in [-0.25, -0.2) is 0 Å². The van der Waals surface area contributed by atoms with Crippen molar-refractivity contribution in [2.24, 2.45) is 0 Å². The van der Waals surface area contributed by atoms with Crippen LogP contribution in [0.1, 0.15) is 22.7 Å². The SMILES string of the molecule is O=c1cc(Cc2cccc3ccccc23)c(-c2cccc(C(F)(F)F)c2)c2n1C(CI)CS2. The van der Waals surface area contributed by atoms with Crippen molar-refractivity contribution < 1.29 is 13.2 Å². The highest BCUT2D eigenvalue weighted by Crippen LogP contribution is 2.43. The van der Waals surface area contributed by atoms with Crippen molar-refractivity contribution in [2.45, 2.75) is 23.7 Å². The van der Waals surface area contributed by atoms with Gasteiger partial charge in [-0.2, -0.15) is 13.2 Å². The van der Waals surface area contributed by atoms with E-state index in [9.17, 15) is 18.0 Å². The molecule has 33 heavy (non-hydrogen) atoms. The van der Waals surface area contributed by atoms with Crippen molar-refractivity contribution in [1.29, 1.82) is 0 Å². The molecule has 0 bridgehead atoms. The number of rotatable bonds is 4. The van der Waals surface area contributed by atoms with Crippen LogP contribution in [0.2, 0.25) is 0 Å². The average molecular weight is 577 g/mol. The van der Waals surface area contributed by atoms with E-state index < -0.39 is 11.7 Å². The highest BCUT2D eigenvalue weighted by atomic mass is 127. The van der Waals surface area contributed by atoms with Crippen molar-refractivity contribution in [3.8, 4) is 11.1 Å². The minimum atomic E-state index is -4.43. The molecule has 0 N–H and O–H groups in total. The first-order chi connectivity index (χ1) is 15.9. The van der Waals surface area contributed by atoms with Gasteiger partial charge in [0.25, 0.3) is 5.56 Å². The Balaban J connectivity index is 1.74. The summed E-state index contributed by atoms with van der Waals surface area (Å²) in [5, 5.41) is 2.93. The lowest BCUT2D eigenvalue weighted by Crippen LogP contribution is -2.25. The number of halogens is 4. The number of benzene rings is 3. The Labute approximate surface area is 207 Å². The van der Waals surface area contributed by atoms with E-state index in [-0.39, 0.29) is 11.6 Å². The summed E-state index contributed by atoms with van der Waals surface area (Å²) in [5.74, 6) is 0.738. The smallest absolute Gasteiger partial charge is 0.298 e. The fraction of sp³-hybridized carbons (Fsp3) is 0.192. The molecular weight excluding hydrogens is 558 g/mol. The molecule has 1 atom stereocenters. The summed E-state index contributed by atoms with van der Waals surface area (Å²) in [6, 6.07) is 21.1. The maximum absolute atomic E-state index is 13.5. The lowest BCUT2D eigenvalue weighted by Gasteiger charge is -2.19. The van der Waals surface area contributed by atoms with Gasteiger partial charge in [0.2, 0.25) is 0 Å². The van der Waals surface area contributed by atoms with Crippen LogP contribution in [0.25, 0.3) is 21.9 Å². The van der Waals surface area contributed by atoms with E-state index in [1.54, 1.807) is 28.5 Å². The van der Waals surface area contributed by atoms with Crippen molar-refractivity contribution >= 4 is 45.1 Å². The van der Waals surface area contributed by atoms with Crippen LogP contribution in [0.3, 0.4) is 0 Å². The number of fused-ring (bicyclic) bond motifs is 2. The molecular formula is C26H19F3INOS. The lowest BCUT2D eigenvalue weighted by molar-refractivity contribution is -0.137. The molecule has 7 heteroatoms. The summed E-state index contributed by atoms with van der Waals surface area (Å²) >= 11 is 3.81. The number of alkyl halides is 4. The fourth-order valence-corrected chi connectivity index (χ4v) is 6.97. The van der Waals surface area contributed by atoms with Crippen LogP contribution in [0, 0.1) is 0 Å². The van der Waals surface area contributed by atoms with Gasteiger partial charge in [-0.05, 0) is 46.0 Å². The fourth-order valence-electron chi connectivity index (χ4n) is 4.45. The maximum atomic E-state index is 13.5. The minimum absolute atomic E-state index is 0.0363. The monoisotopic (exact) mass is 577 g/mol. The predicted molar refractivity (Wildman–Crippen MR) is 137 cm³/mol. The summed E-state index contributed by atoms with van der Waals surface area (Å²) < 4.78 is 43.0.